The molecule has 0 N–H and O–H groups in total. The van der Waals surface area contributed by atoms with Gasteiger partial charge >= 0.3 is 0 Å². The van der Waals surface area contributed by atoms with Gasteiger partial charge in [0.2, 0.25) is 15.9 Å². The van der Waals surface area contributed by atoms with Gasteiger partial charge in [-0.25, -0.2) is 12.7 Å². The largest absolute Gasteiger partial charge is 0.339 e. The quantitative estimate of drug-likeness (QED) is 0.769. The van der Waals surface area contributed by atoms with Crippen molar-refractivity contribution < 1.29 is 13.2 Å². The molecule has 7 heteroatoms. The van der Waals surface area contributed by atoms with Crippen molar-refractivity contribution in [3.8, 4) is 0 Å². The van der Waals surface area contributed by atoms with Crippen LogP contribution in [0, 0.1) is 5.92 Å². The zero-order valence-electron chi connectivity index (χ0n) is 15.7. The molecule has 3 aliphatic rings. The summed E-state index contributed by atoms with van der Waals surface area (Å²) in [5.74, 6) is 0.479. The lowest BCUT2D eigenvalue weighted by molar-refractivity contribution is -0.147. The third kappa shape index (κ3) is 3.40. The van der Waals surface area contributed by atoms with E-state index in [9.17, 15) is 13.2 Å². The van der Waals surface area contributed by atoms with Gasteiger partial charge in [-0.05, 0) is 55.7 Å². The fraction of sp³-hybridized carbons (Fsp3) is 0.650. The molecule has 1 amide bonds. The Morgan fingerprint density at radius 1 is 1.11 bits per heavy atom. The van der Waals surface area contributed by atoms with Crippen LogP contribution in [0.5, 0.6) is 0 Å². The van der Waals surface area contributed by atoms with Crippen molar-refractivity contribution in [2.24, 2.45) is 5.92 Å². The van der Waals surface area contributed by atoms with Gasteiger partial charge in [0, 0.05) is 30.7 Å². The Hall–Kier alpha value is -1.11. The van der Waals surface area contributed by atoms with Crippen molar-refractivity contribution in [1.82, 2.24) is 9.21 Å². The van der Waals surface area contributed by atoms with Crippen molar-refractivity contribution in [3.63, 3.8) is 0 Å². The van der Waals surface area contributed by atoms with Crippen molar-refractivity contribution in [2.75, 3.05) is 25.9 Å². The minimum atomic E-state index is -3.17. The Kier molecular flexibility index (Phi) is 5.02. The molecule has 1 aromatic carbocycles. The molecule has 4 rings (SSSR count). The van der Waals surface area contributed by atoms with Gasteiger partial charge in [-0.1, -0.05) is 30.2 Å². The maximum Gasteiger partial charge on any atom is 0.233 e. The van der Waals surface area contributed by atoms with Crippen molar-refractivity contribution in [2.45, 2.75) is 50.0 Å². The third-order valence-electron chi connectivity index (χ3n) is 6.77. The van der Waals surface area contributed by atoms with Crippen LogP contribution in [-0.2, 0) is 20.2 Å². The van der Waals surface area contributed by atoms with E-state index in [2.05, 4.69) is 4.90 Å². The monoisotopic (exact) mass is 410 g/mol. The second kappa shape index (κ2) is 7.05. The molecule has 1 saturated carbocycles. The zero-order valence-corrected chi connectivity index (χ0v) is 17.3. The van der Waals surface area contributed by atoms with Crippen molar-refractivity contribution >= 4 is 27.5 Å². The van der Waals surface area contributed by atoms with Crippen LogP contribution in [0.15, 0.2) is 24.3 Å². The molecular weight excluding hydrogens is 384 g/mol. The Morgan fingerprint density at radius 2 is 1.81 bits per heavy atom. The first-order valence-electron chi connectivity index (χ1n) is 9.83. The second-order valence-electron chi connectivity index (χ2n) is 8.32. The second-order valence-corrected chi connectivity index (χ2v) is 10.7. The summed E-state index contributed by atoms with van der Waals surface area (Å²) in [6.07, 6.45) is 6.80. The summed E-state index contributed by atoms with van der Waals surface area (Å²) in [5.41, 5.74) is 0.652. The normalized spacial score (nSPS) is 28.3. The molecule has 0 unspecified atom stereocenters. The maximum absolute atomic E-state index is 13.7. The molecule has 1 aromatic rings. The van der Waals surface area contributed by atoms with E-state index in [1.807, 2.05) is 24.3 Å². The van der Waals surface area contributed by atoms with Crippen molar-refractivity contribution in [3.05, 3.63) is 34.9 Å². The fourth-order valence-electron chi connectivity index (χ4n) is 5.12. The fourth-order valence-corrected chi connectivity index (χ4v) is 6.15. The number of nitrogens with zero attached hydrogens (tertiary/aromatic N) is 2. The van der Waals surface area contributed by atoms with Gasteiger partial charge in [0.05, 0.1) is 11.7 Å². The first kappa shape index (κ1) is 19.2. The van der Waals surface area contributed by atoms with E-state index in [-0.39, 0.29) is 17.9 Å². The average molecular weight is 411 g/mol. The molecule has 0 radical (unpaired) electrons. The van der Waals surface area contributed by atoms with E-state index in [4.69, 9.17) is 11.6 Å². The zero-order chi connectivity index (χ0) is 19.2. The Labute approximate surface area is 166 Å². The number of hydrogen-bond acceptors (Lipinski definition) is 3. The van der Waals surface area contributed by atoms with E-state index < -0.39 is 15.4 Å². The molecule has 2 atom stereocenters. The van der Waals surface area contributed by atoms with Gasteiger partial charge in [0.15, 0.2) is 0 Å². The van der Waals surface area contributed by atoms with Crippen LogP contribution >= 0.6 is 11.6 Å². The third-order valence-corrected chi connectivity index (χ3v) is 8.30. The minimum Gasteiger partial charge on any atom is -0.339 e. The number of sulfonamides is 1. The van der Waals surface area contributed by atoms with Crippen LogP contribution < -0.4 is 0 Å². The van der Waals surface area contributed by atoms with E-state index in [0.717, 1.165) is 50.6 Å². The predicted octanol–water partition coefficient (Wildman–Crippen LogP) is 3.03. The van der Waals surface area contributed by atoms with Crippen LogP contribution in [0.2, 0.25) is 5.02 Å². The highest BCUT2D eigenvalue weighted by Crippen LogP contribution is 2.47. The number of hydrogen-bond donors (Lipinski definition) is 0. The van der Waals surface area contributed by atoms with Gasteiger partial charge in [-0.15, -0.1) is 0 Å². The lowest BCUT2D eigenvalue weighted by Crippen LogP contribution is -2.61. The van der Waals surface area contributed by atoms with Crippen LogP contribution in [0.4, 0.5) is 0 Å². The smallest absolute Gasteiger partial charge is 0.233 e. The number of benzene rings is 1. The summed E-state index contributed by atoms with van der Waals surface area (Å²) in [4.78, 5) is 15.8. The molecule has 27 heavy (non-hydrogen) atoms. The lowest BCUT2D eigenvalue weighted by atomic mass is 9.63. The Bertz CT molecular complexity index is 820. The topological polar surface area (TPSA) is 57.7 Å². The van der Waals surface area contributed by atoms with Crippen molar-refractivity contribution in [1.29, 1.82) is 0 Å². The van der Waals surface area contributed by atoms with Gasteiger partial charge in [-0.2, -0.15) is 0 Å². The first-order valence-corrected chi connectivity index (χ1v) is 12.1. The average Bonchev–Trinajstić information content (AvgIpc) is 2.60. The van der Waals surface area contributed by atoms with Gasteiger partial charge in [-0.3, -0.25) is 4.79 Å². The number of halogens is 1. The summed E-state index contributed by atoms with van der Waals surface area (Å²) in [6.45, 7) is 1.84. The molecule has 2 aliphatic heterocycles. The summed E-state index contributed by atoms with van der Waals surface area (Å²) in [7, 11) is -3.17. The molecule has 0 spiro atoms. The summed E-state index contributed by atoms with van der Waals surface area (Å²) < 4.78 is 25.5. The van der Waals surface area contributed by atoms with E-state index in [0.29, 0.717) is 18.1 Å². The highest BCUT2D eigenvalue weighted by Gasteiger charge is 2.51. The van der Waals surface area contributed by atoms with E-state index in [1.54, 1.807) is 4.31 Å². The van der Waals surface area contributed by atoms with E-state index >= 15 is 0 Å². The highest BCUT2D eigenvalue weighted by molar-refractivity contribution is 7.88. The lowest BCUT2D eigenvalue weighted by Gasteiger charge is -2.51. The molecule has 1 aliphatic carbocycles. The number of fused-ring (bicyclic) bond motifs is 1. The first-order chi connectivity index (χ1) is 12.8. The number of rotatable bonds is 3. The maximum atomic E-state index is 13.7. The molecule has 5 nitrogen and oxygen atoms in total. The number of carbonyl (C=O) groups excluding carboxylic acids is 1. The van der Waals surface area contributed by atoms with Gasteiger partial charge in [0.1, 0.15) is 0 Å². The number of likely N-dealkylation sites (tertiary alicyclic amines) is 1. The number of carbonyl (C=O) groups is 1. The number of piperidine rings is 2. The molecular formula is C20H27ClN2O3S. The molecule has 3 fully saturated rings. The summed E-state index contributed by atoms with van der Waals surface area (Å²) in [5, 5.41) is 0.687. The van der Waals surface area contributed by atoms with Crippen LogP contribution in [0.1, 0.15) is 44.1 Å². The van der Waals surface area contributed by atoms with Gasteiger partial charge in [0.25, 0.3) is 0 Å². The van der Waals surface area contributed by atoms with E-state index in [1.165, 1.54) is 6.26 Å². The summed E-state index contributed by atoms with van der Waals surface area (Å²) >= 11 is 6.04. The highest BCUT2D eigenvalue weighted by atomic mass is 35.5. The Morgan fingerprint density at radius 3 is 2.41 bits per heavy atom. The van der Waals surface area contributed by atoms with Gasteiger partial charge < -0.3 is 4.90 Å². The minimum absolute atomic E-state index is 0.161. The molecule has 148 valence electrons. The molecule has 2 heterocycles. The summed E-state index contributed by atoms with van der Waals surface area (Å²) in [6, 6.07) is 7.89. The molecule has 0 aromatic heterocycles. The molecule has 0 bridgehead atoms. The standard InChI is InChI=1S/C20H27ClN2O3S/c1-27(25,26)22-13-9-18-15(14-22)4-2-12-23(18)19(24)20(10-3-11-20)16-5-7-17(21)8-6-16/h5-8,15,18H,2-4,9-14H2,1H3/t15-,18+/m0/s1. The number of amides is 1. The predicted molar refractivity (Wildman–Crippen MR) is 106 cm³/mol. The Balaban J connectivity index is 1.57. The van der Waals surface area contributed by atoms with Crippen LogP contribution in [-0.4, -0.2) is 55.5 Å². The van der Waals surface area contributed by atoms with Crippen LogP contribution in [0.3, 0.4) is 0 Å². The van der Waals surface area contributed by atoms with Crippen LogP contribution in [0.25, 0.3) is 0 Å². The SMILES string of the molecule is CS(=O)(=O)N1CC[C@@H]2[C@@H](CCCN2C(=O)C2(c3ccc(Cl)cc3)CCC2)C1. The molecule has 2 saturated heterocycles.